The summed E-state index contributed by atoms with van der Waals surface area (Å²) in [4.78, 5) is 38.7. The van der Waals surface area contributed by atoms with E-state index in [1.165, 1.54) is 5.56 Å². The number of ether oxygens (including phenoxy) is 1. The number of likely N-dealkylation sites (tertiary alicyclic amines) is 1. The molecule has 0 aromatic heterocycles. The van der Waals surface area contributed by atoms with Crippen LogP contribution in [0, 0.1) is 5.92 Å². The zero-order valence-electron chi connectivity index (χ0n) is 20.1. The summed E-state index contributed by atoms with van der Waals surface area (Å²) in [6.07, 6.45) is 3.55. The van der Waals surface area contributed by atoms with E-state index in [0.717, 1.165) is 38.8 Å². The molecule has 0 atom stereocenters. The van der Waals surface area contributed by atoms with E-state index in [-0.39, 0.29) is 29.8 Å². The van der Waals surface area contributed by atoms with E-state index < -0.39 is 5.97 Å². The Hall–Kier alpha value is -3.26. The first-order chi connectivity index (χ1) is 16.9. The lowest BCUT2D eigenvalue weighted by Gasteiger charge is -2.30. The number of amides is 2. The molecule has 2 amide bonds. The van der Waals surface area contributed by atoms with Gasteiger partial charge in [-0.25, -0.2) is 0 Å². The molecule has 1 heterocycles. The van der Waals surface area contributed by atoms with Crippen LogP contribution in [0.5, 0.6) is 0 Å². The van der Waals surface area contributed by atoms with Gasteiger partial charge in [-0.15, -0.1) is 0 Å². The van der Waals surface area contributed by atoms with Gasteiger partial charge in [0.2, 0.25) is 5.91 Å². The van der Waals surface area contributed by atoms with Gasteiger partial charge in [0.1, 0.15) is 0 Å². The first-order valence-corrected chi connectivity index (χ1v) is 12.5. The van der Waals surface area contributed by atoms with Crippen LogP contribution in [0.25, 0.3) is 0 Å². The van der Waals surface area contributed by atoms with E-state index in [4.69, 9.17) is 17.0 Å². The fourth-order valence-corrected chi connectivity index (χ4v) is 4.10. The first-order valence-electron chi connectivity index (χ1n) is 12.1. The molecule has 3 rings (SSSR count). The number of hydrogen-bond acceptors (Lipinski definition) is 5. The molecule has 8 heteroatoms. The number of carbonyl (C=O) groups excluding carboxylic acids is 3. The number of carbonyl (C=O) groups is 3. The molecular weight excluding hydrogens is 462 g/mol. The maximum absolute atomic E-state index is 12.8. The predicted octanol–water partition coefficient (Wildman–Crippen LogP) is 4.33. The van der Waals surface area contributed by atoms with Gasteiger partial charge < -0.3 is 20.3 Å². The van der Waals surface area contributed by atoms with Crippen molar-refractivity contribution in [3.8, 4) is 0 Å². The van der Waals surface area contributed by atoms with Crippen molar-refractivity contribution < 1.29 is 19.1 Å². The SMILES string of the molecule is CC1CCN(C(=O)c2cccc(NC(=S)NC(=O)CCC(=O)OCCCc3ccccc3)c2)CC1. The lowest BCUT2D eigenvalue weighted by Crippen LogP contribution is -2.38. The highest BCUT2D eigenvalue weighted by Crippen LogP contribution is 2.19. The number of rotatable bonds is 9. The van der Waals surface area contributed by atoms with E-state index in [9.17, 15) is 14.4 Å². The molecule has 2 N–H and O–H groups in total. The van der Waals surface area contributed by atoms with E-state index >= 15 is 0 Å². The highest BCUT2D eigenvalue weighted by molar-refractivity contribution is 7.80. The zero-order chi connectivity index (χ0) is 25.0. The van der Waals surface area contributed by atoms with Gasteiger partial charge in [0.05, 0.1) is 13.0 Å². The second-order valence-corrected chi connectivity index (χ2v) is 9.28. The molecule has 0 bridgehead atoms. The molecule has 2 aromatic carbocycles. The third kappa shape index (κ3) is 9.13. The second kappa shape index (κ2) is 13.6. The Bertz CT molecular complexity index is 1020. The minimum atomic E-state index is -0.412. The molecule has 7 nitrogen and oxygen atoms in total. The van der Waals surface area contributed by atoms with Crippen LogP contribution in [0.15, 0.2) is 54.6 Å². The van der Waals surface area contributed by atoms with Crippen LogP contribution >= 0.6 is 12.2 Å². The number of thiocarbonyl (C=S) groups is 1. The monoisotopic (exact) mass is 495 g/mol. The highest BCUT2D eigenvalue weighted by Gasteiger charge is 2.21. The molecule has 35 heavy (non-hydrogen) atoms. The summed E-state index contributed by atoms with van der Waals surface area (Å²) >= 11 is 5.22. The van der Waals surface area contributed by atoms with E-state index in [0.29, 0.717) is 23.8 Å². The quantitative estimate of drug-likeness (QED) is 0.306. The number of piperidine rings is 1. The molecule has 0 aliphatic carbocycles. The standard InChI is InChI=1S/C27H33N3O4S/c1-20-14-16-30(17-15-20)26(33)22-10-5-11-23(19-22)28-27(35)29-24(31)12-13-25(32)34-18-6-9-21-7-3-2-4-8-21/h2-5,7-8,10-11,19-20H,6,9,12-18H2,1H3,(H2,28,29,31,35). The molecule has 186 valence electrons. The summed E-state index contributed by atoms with van der Waals surface area (Å²) in [7, 11) is 0. The molecule has 0 spiro atoms. The lowest BCUT2D eigenvalue weighted by molar-refractivity contribution is -0.145. The van der Waals surface area contributed by atoms with Crippen molar-refractivity contribution in [2.75, 3.05) is 25.0 Å². The normalized spacial score (nSPS) is 13.7. The van der Waals surface area contributed by atoms with Gasteiger partial charge in [-0.05, 0) is 67.6 Å². The summed E-state index contributed by atoms with van der Waals surface area (Å²) in [6, 6.07) is 17.0. The van der Waals surface area contributed by atoms with Crippen LogP contribution in [0.2, 0.25) is 0 Å². The average molecular weight is 496 g/mol. The van der Waals surface area contributed by atoms with Crippen LogP contribution in [-0.4, -0.2) is 47.5 Å². The van der Waals surface area contributed by atoms with E-state index in [2.05, 4.69) is 17.6 Å². The summed E-state index contributed by atoms with van der Waals surface area (Å²) in [5.74, 6) is -0.142. The van der Waals surface area contributed by atoms with Crippen molar-refractivity contribution in [1.29, 1.82) is 0 Å². The number of hydrogen-bond donors (Lipinski definition) is 2. The van der Waals surface area contributed by atoms with Gasteiger partial charge in [-0.2, -0.15) is 0 Å². The maximum atomic E-state index is 12.8. The Balaban J connectivity index is 1.35. The van der Waals surface area contributed by atoms with Crippen molar-refractivity contribution in [2.24, 2.45) is 5.92 Å². The molecule has 1 fully saturated rings. The highest BCUT2D eigenvalue weighted by atomic mass is 32.1. The minimum absolute atomic E-state index is 0.00205. The molecule has 1 aliphatic heterocycles. The third-order valence-electron chi connectivity index (χ3n) is 5.96. The number of nitrogens with one attached hydrogen (secondary N) is 2. The van der Waals surface area contributed by atoms with Crippen molar-refractivity contribution in [3.05, 3.63) is 65.7 Å². The third-order valence-corrected chi connectivity index (χ3v) is 6.17. The molecule has 1 saturated heterocycles. The first kappa shape index (κ1) is 26.3. The largest absolute Gasteiger partial charge is 0.466 e. The Labute approximate surface area is 212 Å². The molecular formula is C27H33N3O4S. The number of anilines is 1. The Morgan fingerprint density at radius 1 is 1.03 bits per heavy atom. The van der Waals surface area contributed by atoms with Crippen molar-refractivity contribution >= 4 is 40.8 Å². The molecule has 0 radical (unpaired) electrons. The summed E-state index contributed by atoms with van der Waals surface area (Å²) in [5, 5.41) is 5.62. The van der Waals surface area contributed by atoms with Gasteiger partial charge in [0, 0.05) is 30.8 Å². The van der Waals surface area contributed by atoms with Crippen LogP contribution in [0.3, 0.4) is 0 Å². The van der Waals surface area contributed by atoms with Crippen LogP contribution < -0.4 is 10.6 Å². The average Bonchev–Trinajstić information content (AvgIpc) is 2.86. The maximum Gasteiger partial charge on any atom is 0.306 e. The van der Waals surface area contributed by atoms with Gasteiger partial charge >= 0.3 is 5.97 Å². The van der Waals surface area contributed by atoms with Gasteiger partial charge in [-0.3, -0.25) is 14.4 Å². The molecule has 0 saturated carbocycles. The number of aryl methyl sites for hydroxylation is 1. The molecule has 1 aliphatic rings. The zero-order valence-corrected chi connectivity index (χ0v) is 20.9. The van der Waals surface area contributed by atoms with Gasteiger partial charge in [0.15, 0.2) is 5.11 Å². The summed E-state index contributed by atoms with van der Waals surface area (Å²) in [6.45, 7) is 4.06. The Morgan fingerprint density at radius 3 is 2.51 bits per heavy atom. The number of benzene rings is 2. The Kier molecular flexibility index (Phi) is 10.2. The Morgan fingerprint density at radius 2 is 1.77 bits per heavy atom. The van der Waals surface area contributed by atoms with Crippen molar-refractivity contribution in [1.82, 2.24) is 10.2 Å². The fraction of sp³-hybridized carbons (Fsp3) is 0.407. The summed E-state index contributed by atoms with van der Waals surface area (Å²) < 4.78 is 5.20. The van der Waals surface area contributed by atoms with Crippen LogP contribution in [-0.2, 0) is 20.7 Å². The van der Waals surface area contributed by atoms with Gasteiger partial charge in [-0.1, -0.05) is 43.3 Å². The fourth-order valence-electron chi connectivity index (χ4n) is 3.87. The van der Waals surface area contributed by atoms with Crippen LogP contribution in [0.4, 0.5) is 5.69 Å². The predicted molar refractivity (Wildman–Crippen MR) is 140 cm³/mol. The van der Waals surface area contributed by atoms with Gasteiger partial charge in [0.25, 0.3) is 5.91 Å². The lowest BCUT2D eigenvalue weighted by atomic mass is 9.98. The van der Waals surface area contributed by atoms with E-state index in [1.54, 1.807) is 24.3 Å². The van der Waals surface area contributed by atoms with E-state index in [1.807, 2.05) is 35.2 Å². The molecule has 0 unspecified atom stereocenters. The number of nitrogens with zero attached hydrogens (tertiary/aromatic N) is 1. The minimum Gasteiger partial charge on any atom is -0.466 e. The van der Waals surface area contributed by atoms with Crippen molar-refractivity contribution in [3.63, 3.8) is 0 Å². The second-order valence-electron chi connectivity index (χ2n) is 8.87. The van der Waals surface area contributed by atoms with Crippen LogP contribution in [0.1, 0.15) is 54.9 Å². The topological polar surface area (TPSA) is 87.7 Å². The smallest absolute Gasteiger partial charge is 0.306 e. The summed E-state index contributed by atoms with van der Waals surface area (Å²) in [5.41, 5.74) is 2.39. The number of esters is 1. The van der Waals surface area contributed by atoms with Crippen molar-refractivity contribution in [2.45, 2.75) is 45.4 Å². The molecule has 2 aromatic rings.